The smallest absolute Gasteiger partial charge is 0.408 e. The number of aliphatic carboxylic acids is 1. The Morgan fingerprint density at radius 1 is 1.19 bits per heavy atom. The second-order valence-corrected chi connectivity index (χ2v) is 5.67. The van der Waals surface area contributed by atoms with E-state index in [1.165, 1.54) is 0 Å². The highest BCUT2D eigenvalue weighted by molar-refractivity contribution is 5.79. The molecule has 1 aromatic carbocycles. The van der Waals surface area contributed by atoms with Crippen LogP contribution in [-0.4, -0.2) is 45.4 Å². The molecule has 0 fully saturated rings. The second kappa shape index (κ2) is 7.08. The zero-order valence-electron chi connectivity index (χ0n) is 12.4. The third-order valence-electron chi connectivity index (χ3n) is 2.78. The predicted molar refractivity (Wildman–Crippen MR) is 77.1 cm³/mol. The van der Waals surface area contributed by atoms with Gasteiger partial charge in [-0.15, -0.1) is 0 Å². The minimum atomic E-state index is -1.29. The maximum Gasteiger partial charge on any atom is 0.408 e. The molecule has 0 saturated carbocycles. The van der Waals surface area contributed by atoms with Crippen LogP contribution in [0.1, 0.15) is 26.3 Å². The number of nitrogens with zero attached hydrogens (tertiary/aromatic N) is 1. The highest BCUT2D eigenvalue weighted by atomic mass is 16.5. The molecule has 0 radical (unpaired) electrons. The van der Waals surface area contributed by atoms with Crippen molar-refractivity contribution in [1.29, 1.82) is 0 Å². The molecule has 0 aliphatic carbocycles. The van der Waals surface area contributed by atoms with Crippen LogP contribution in [-0.2, 0) is 16.1 Å². The molecule has 0 aliphatic heterocycles. The van der Waals surface area contributed by atoms with Crippen LogP contribution in [0.25, 0.3) is 0 Å². The summed E-state index contributed by atoms with van der Waals surface area (Å²) in [5, 5.41) is 18.6. The molecular formula is C15H21NO5. The van der Waals surface area contributed by atoms with Crippen LogP contribution >= 0.6 is 0 Å². The van der Waals surface area contributed by atoms with Crippen LogP contribution in [0.4, 0.5) is 4.79 Å². The summed E-state index contributed by atoms with van der Waals surface area (Å²) in [4.78, 5) is 23.6. The molecule has 0 bridgehead atoms. The third-order valence-corrected chi connectivity index (χ3v) is 2.78. The largest absolute Gasteiger partial charge is 0.480 e. The average molecular weight is 295 g/mol. The quantitative estimate of drug-likeness (QED) is 0.841. The highest BCUT2D eigenvalue weighted by Crippen LogP contribution is 2.13. The lowest BCUT2D eigenvalue weighted by Crippen LogP contribution is -2.47. The molecule has 1 atom stereocenters. The van der Waals surface area contributed by atoms with Crippen molar-refractivity contribution in [3.8, 4) is 0 Å². The van der Waals surface area contributed by atoms with Gasteiger partial charge in [0.25, 0.3) is 0 Å². The summed E-state index contributed by atoms with van der Waals surface area (Å²) in [7, 11) is 0. The van der Waals surface area contributed by atoms with Crippen LogP contribution in [0.15, 0.2) is 30.3 Å². The van der Waals surface area contributed by atoms with E-state index in [1.54, 1.807) is 45.0 Å². The Hall–Kier alpha value is -2.08. The van der Waals surface area contributed by atoms with Gasteiger partial charge < -0.3 is 14.9 Å². The van der Waals surface area contributed by atoms with Gasteiger partial charge in [-0.25, -0.2) is 9.59 Å². The number of benzene rings is 1. The first-order valence-corrected chi connectivity index (χ1v) is 6.61. The van der Waals surface area contributed by atoms with Crippen molar-refractivity contribution in [2.75, 3.05) is 6.61 Å². The van der Waals surface area contributed by atoms with E-state index in [1.807, 2.05) is 6.07 Å². The molecule has 6 nitrogen and oxygen atoms in total. The normalized spacial score (nSPS) is 12.7. The highest BCUT2D eigenvalue weighted by Gasteiger charge is 2.31. The molecule has 0 unspecified atom stereocenters. The molecule has 6 heteroatoms. The van der Waals surface area contributed by atoms with Gasteiger partial charge in [0.15, 0.2) is 6.04 Å². The van der Waals surface area contributed by atoms with Crippen molar-refractivity contribution in [2.24, 2.45) is 0 Å². The van der Waals surface area contributed by atoms with E-state index in [2.05, 4.69) is 0 Å². The van der Waals surface area contributed by atoms with Crippen molar-refractivity contribution in [3.05, 3.63) is 35.9 Å². The molecule has 0 spiro atoms. The lowest BCUT2D eigenvalue weighted by atomic mass is 10.1. The Kier molecular flexibility index (Phi) is 5.72. The fourth-order valence-electron chi connectivity index (χ4n) is 1.71. The predicted octanol–water partition coefficient (Wildman–Crippen LogP) is 2.43. The number of hydrogen-bond acceptors (Lipinski definition) is 3. The van der Waals surface area contributed by atoms with E-state index < -0.39 is 23.7 Å². The fourth-order valence-corrected chi connectivity index (χ4v) is 1.71. The van der Waals surface area contributed by atoms with E-state index in [4.69, 9.17) is 4.74 Å². The first kappa shape index (κ1) is 17.0. The van der Waals surface area contributed by atoms with E-state index in [0.717, 1.165) is 10.5 Å². The number of rotatable bonds is 6. The van der Waals surface area contributed by atoms with Crippen molar-refractivity contribution in [2.45, 2.75) is 39.0 Å². The summed E-state index contributed by atoms with van der Waals surface area (Å²) in [6.45, 7) is 5.16. The summed E-state index contributed by atoms with van der Waals surface area (Å²) in [5.74, 6) is -1.22. The topological polar surface area (TPSA) is 87.1 Å². The van der Waals surface area contributed by atoms with Gasteiger partial charge >= 0.3 is 12.1 Å². The Morgan fingerprint density at radius 2 is 1.76 bits per heavy atom. The minimum absolute atomic E-state index is 0.000638. The van der Waals surface area contributed by atoms with Crippen LogP contribution in [0.5, 0.6) is 0 Å². The Balaban J connectivity index is 2.88. The van der Waals surface area contributed by atoms with Crippen LogP contribution in [0.2, 0.25) is 0 Å². The summed E-state index contributed by atoms with van der Waals surface area (Å²) >= 11 is 0. The molecule has 116 valence electrons. The van der Waals surface area contributed by atoms with E-state index in [0.29, 0.717) is 0 Å². The zero-order chi connectivity index (χ0) is 16.0. The van der Waals surface area contributed by atoms with E-state index in [-0.39, 0.29) is 13.2 Å². The summed E-state index contributed by atoms with van der Waals surface area (Å²) in [6, 6.07) is 7.61. The molecule has 0 saturated heterocycles. The van der Waals surface area contributed by atoms with Crippen LogP contribution in [0, 0.1) is 0 Å². The first-order chi connectivity index (χ1) is 9.70. The van der Waals surface area contributed by atoms with Crippen LogP contribution in [0.3, 0.4) is 0 Å². The molecule has 2 N–H and O–H groups in total. The second-order valence-electron chi connectivity index (χ2n) is 5.67. The van der Waals surface area contributed by atoms with Gasteiger partial charge in [-0.2, -0.15) is 0 Å². The van der Waals surface area contributed by atoms with Gasteiger partial charge in [0.2, 0.25) is 0 Å². The third kappa shape index (κ3) is 5.83. The number of carbonyl (C=O) groups is 2. The van der Waals surface area contributed by atoms with Gasteiger partial charge in [0, 0.05) is 0 Å². The molecule has 0 aliphatic rings. The van der Waals surface area contributed by atoms with Gasteiger partial charge in [0.1, 0.15) is 0 Å². The minimum Gasteiger partial charge on any atom is -0.480 e. The first-order valence-electron chi connectivity index (χ1n) is 6.61. The Morgan fingerprint density at radius 3 is 2.19 bits per heavy atom. The van der Waals surface area contributed by atoms with Crippen molar-refractivity contribution >= 4 is 12.1 Å². The van der Waals surface area contributed by atoms with Gasteiger partial charge in [0.05, 0.1) is 18.8 Å². The lowest BCUT2D eigenvalue weighted by molar-refractivity contribution is -0.147. The van der Waals surface area contributed by atoms with Gasteiger partial charge in [-0.1, -0.05) is 30.3 Å². The maximum atomic E-state index is 11.4. The summed E-state index contributed by atoms with van der Waals surface area (Å²) in [6.07, 6.45) is -1.29. The number of carboxylic acids is 1. The lowest BCUT2D eigenvalue weighted by Gasteiger charge is -2.29. The Labute approximate surface area is 124 Å². The zero-order valence-corrected chi connectivity index (χ0v) is 12.4. The van der Waals surface area contributed by atoms with Crippen molar-refractivity contribution in [1.82, 2.24) is 4.90 Å². The number of carboxylic acid groups (broad SMARTS) is 2. The average Bonchev–Trinajstić information content (AvgIpc) is 2.37. The number of ether oxygens (including phenoxy) is 1. The molecular weight excluding hydrogens is 274 g/mol. The SMILES string of the molecule is CC(C)(C)OC[C@@H](C(=O)O)N(Cc1ccccc1)C(=O)O. The molecule has 1 rings (SSSR count). The fraction of sp³-hybridized carbons (Fsp3) is 0.467. The maximum absolute atomic E-state index is 11.4. The monoisotopic (exact) mass is 295 g/mol. The standard InChI is InChI=1S/C15H21NO5/c1-15(2,3)21-10-12(13(17)18)16(14(19)20)9-11-7-5-4-6-8-11/h4-8,12H,9-10H2,1-3H3,(H,17,18)(H,19,20)/t12-/m0/s1. The molecule has 0 aromatic heterocycles. The molecule has 1 aromatic rings. The molecule has 1 amide bonds. The van der Waals surface area contributed by atoms with Crippen LogP contribution < -0.4 is 0 Å². The van der Waals surface area contributed by atoms with Crippen molar-refractivity contribution < 1.29 is 24.5 Å². The van der Waals surface area contributed by atoms with Gasteiger partial charge in [-0.05, 0) is 26.3 Å². The van der Waals surface area contributed by atoms with E-state index >= 15 is 0 Å². The number of hydrogen-bond donors (Lipinski definition) is 2. The van der Waals surface area contributed by atoms with Gasteiger partial charge in [-0.3, -0.25) is 4.90 Å². The number of amides is 1. The Bertz CT molecular complexity index is 481. The van der Waals surface area contributed by atoms with Crippen molar-refractivity contribution in [3.63, 3.8) is 0 Å². The summed E-state index contributed by atoms with van der Waals surface area (Å²) < 4.78 is 5.44. The summed E-state index contributed by atoms with van der Waals surface area (Å²) in [5.41, 5.74) is 0.187. The molecule has 21 heavy (non-hydrogen) atoms. The van der Waals surface area contributed by atoms with E-state index in [9.17, 15) is 19.8 Å². The molecule has 0 heterocycles.